The van der Waals surface area contributed by atoms with Crippen molar-refractivity contribution in [3.63, 3.8) is 0 Å². The highest BCUT2D eigenvalue weighted by Gasteiger charge is 2.36. The summed E-state index contributed by atoms with van der Waals surface area (Å²) in [6.07, 6.45) is 7.12. The van der Waals surface area contributed by atoms with Crippen LogP contribution < -0.4 is 11.1 Å². The van der Waals surface area contributed by atoms with Crippen molar-refractivity contribution >= 4 is 15.9 Å². The van der Waals surface area contributed by atoms with E-state index in [4.69, 9.17) is 10.3 Å². The second-order valence-corrected chi connectivity index (χ2v) is 11.1. The number of rotatable bonds is 6. The molecule has 0 radical (unpaired) electrons. The van der Waals surface area contributed by atoms with Crippen LogP contribution in [0.3, 0.4) is 0 Å². The number of hydrogen-bond acceptors (Lipinski definition) is 6. The molecule has 2 saturated carbocycles. The normalized spacial score (nSPS) is 31.5. The molecule has 162 valence electrons. The Hall–Kier alpha value is -1.45. The van der Waals surface area contributed by atoms with Gasteiger partial charge in [-0.1, -0.05) is 11.6 Å². The first-order valence-corrected chi connectivity index (χ1v) is 12.5. The number of nitrogens with zero attached hydrogens (tertiary/aromatic N) is 2. The quantitative estimate of drug-likeness (QED) is 0.721. The summed E-state index contributed by atoms with van der Waals surface area (Å²) >= 11 is 0. The van der Waals surface area contributed by atoms with Gasteiger partial charge in [0, 0.05) is 36.7 Å². The summed E-state index contributed by atoms with van der Waals surface area (Å²) in [6, 6.07) is 1.65. The monoisotopic (exact) mass is 424 g/mol. The predicted octanol–water partition coefficient (Wildman–Crippen LogP) is 1.98. The molecule has 1 aromatic rings. The van der Waals surface area contributed by atoms with Gasteiger partial charge < -0.3 is 15.6 Å². The van der Waals surface area contributed by atoms with E-state index >= 15 is 0 Å². The Morgan fingerprint density at radius 1 is 1.28 bits per heavy atom. The average molecular weight is 425 g/mol. The molecule has 3 fully saturated rings. The van der Waals surface area contributed by atoms with Crippen LogP contribution in [0.2, 0.25) is 0 Å². The Bertz CT molecular complexity index is 835. The largest absolute Gasteiger partial charge is 0.360 e. The van der Waals surface area contributed by atoms with Gasteiger partial charge in [-0.25, -0.2) is 8.42 Å². The Morgan fingerprint density at radius 2 is 2.07 bits per heavy atom. The highest BCUT2D eigenvalue weighted by Crippen LogP contribution is 2.40. The molecule has 1 aliphatic heterocycles. The SMILES string of the molecule is C[C@H]1C[C@@H](NC(=O)c2cc(C3CC3)on2)CCN1S(=O)(=O)C[C@@H]1CCC[C@@H](N)C1. The van der Waals surface area contributed by atoms with Crippen LogP contribution in [0.5, 0.6) is 0 Å². The minimum atomic E-state index is -3.32. The smallest absolute Gasteiger partial charge is 0.273 e. The third-order valence-electron chi connectivity index (χ3n) is 6.52. The number of aromatic nitrogens is 1. The van der Waals surface area contributed by atoms with E-state index in [1.54, 1.807) is 10.4 Å². The lowest BCUT2D eigenvalue weighted by molar-refractivity contribution is 0.0905. The molecule has 1 saturated heterocycles. The fourth-order valence-corrected chi connectivity index (χ4v) is 6.90. The van der Waals surface area contributed by atoms with Crippen molar-refractivity contribution in [1.29, 1.82) is 0 Å². The Labute approximate surface area is 172 Å². The fraction of sp³-hybridized carbons (Fsp3) is 0.800. The van der Waals surface area contributed by atoms with Gasteiger partial charge in [0.15, 0.2) is 5.69 Å². The van der Waals surface area contributed by atoms with Crippen molar-refractivity contribution in [1.82, 2.24) is 14.8 Å². The summed E-state index contributed by atoms with van der Waals surface area (Å²) < 4.78 is 32.8. The van der Waals surface area contributed by atoms with Gasteiger partial charge >= 0.3 is 0 Å². The predicted molar refractivity (Wildman–Crippen MR) is 109 cm³/mol. The molecule has 9 heteroatoms. The summed E-state index contributed by atoms with van der Waals surface area (Å²) in [7, 11) is -3.32. The zero-order valence-electron chi connectivity index (χ0n) is 17.0. The molecule has 0 aromatic carbocycles. The maximum absolute atomic E-state index is 13.0. The molecule has 29 heavy (non-hydrogen) atoms. The highest BCUT2D eigenvalue weighted by atomic mass is 32.2. The zero-order valence-corrected chi connectivity index (χ0v) is 17.9. The van der Waals surface area contributed by atoms with Gasteiger partial charge in [0.25, 0.3) is 5.91 Å². The first-order chi connectivity index (χ1) is 13.8. The standard InChI is InChI=1S/C20H32N4O4S/c1-13-9-17(22-20(25)18-11-19(28-23-18)15-5-6-15)7-8-24(13)29(26,27)12-14-3-2-4-16(21)10-14/h11,13-17H,2-10,12,21H2,1H3,(H,22,25)/t13-,14+,16+,17-/m0/s1. The van der Waals surface area contributed by atoms with E-state index in [0.29, 0.717) is 31.0 Å². The third-order valence-corrected chi connectivity index (χ3v) is 8.67. The minimum Gasteiger partial charge on any atom is -0.360 e. The number of amides is 1. The van der Waals surface area contributed by atoms with Gasteiger partial charge in [0.05, 0.1) is 5.75 Å². The van der Waals surface area contributed by atoms with Crippen molar-refractivity contribution in [2.75, 3.05) is 12.3 Å². The van der Waals surface area contributed by atoms with Crippen molar-refractivity contribution in [3.05, 3.63) is 17.5 Å². The van der Waals surface area contributed by atoms with Crippen LogP contribution in [-0.2, 0) is 10.0 Å². The number of piperidine rings is 1. The zero-order chi connectivity index (χ0) is 20.6. The number of carbonyl (C=O) groups is 1. The van der Waals surface area contributed by atoms with Crippen LogP contribution in [0, 0.1) is 5.92 Å². The second-order valence-electron chi connectivity index (χ2n) is 9.11. The average Bonchev–Trinajstić information content (AvgIpc) is 3.37. The molecule has 2 aliphatic carbocycles. The Balaban J connectivity index is 1.30. The fourth-order valence-electron chi connectivity index (χ4n) is 4.79. The Morgan fingerprint density at radius 3 is 2.76 bits per heavy atom. The number of hydrogen-bond donors (Lipinski definition) is 2. The first kappa shape index (κ1) is 20.8. The summed E-state index contributed by atoms with van der Waals surface area (Å²) in [6.45, 7) is 2.35. The lowest BCUT2D eigenvalue weighted by atomic mass is 9.87. The van der Waals surface area contributed by atoms with E-state index in [0.717, 1.165) is 44.3 Å². The molecule has 2 heterocycles. The molecule has 1 amide bonds. The van der Waals surface area contributed by atoms with Gasteiger partial charge in [-0.2, -0.15) is 4.31 Å². The molecular formula is C20H32N4O4S. The summed E-state index contributed by atoms with van der Waals surface area (Å²) in [5, 5.41) is 6.88. The number of nitrogens with one attached hydrogen (secondary N) is 1. The second kappa shape index (κ2) is 8.35. The summed E-state index contributed by atoms with van der Waals surface area (Å²) in [5.74, 6) is 1.29. The van der Waals surface area contributed by atoms with Gasteiger partial charge in [-0.15, -0.1) is 0 Å². The molecule has 0 unspecified atom stereocenters. The highest BCUT2D eigenvalue weighted by molar-refractivity contribution is 7.89. The van der Waals surface area contributed by atoms with Crippen molar-refractivity contribution in [2.24, 2.45) is 11.7 Å². The van der Waals surface area contributed by atoms with Crippen LogP contribution in [0.4, 0.5) is 0 Å². The van der Waals surface area contributed by atoms with Gasteiger partial charge in [0.1, 0.15) is 5.76 Å². The molecule has 3 aliphatic rings. The summed E-state index contributed by atoms with van der Waals surface area (Å²) in [4.78, 5) is 12.5. The first-order valence-electron chi connectivity index (χ1n) is 10.8. The van der Waals surface area contributed by atoms with Gasteiger partial charge in [-0.3, -0.25) is 4.79 Å². The molecule has 1 aromatic heterocycles. The topological polar surface area (TPSA) is 119 Å². The molecule has 4 atom stereocenters. The van der Waals surface area contributed by atoms with Crippen LogP contribution >= 0.6 is 0 Å². The van der Waals surface area contributed by atoms with E-state index in [2.05, 4.69) is 10.5 Å². The molecule has 0 bridgehead atoms. The Kier molecular flexibility index (Phi) is 5.99. The van der Waals surface area contributed by atoms with Gasteiger partial charge in [0.2, 0.25) is 10.0 Å². The van der Waals surface area contributed by atoms with E-state index in [1.165, 1.54) is 0 Å². The molecule has 0 spiro atoms. The van der Waals surface area contributed by atoms with Crippen molar-refractivity contribution in [3.8, 4) is 0 Å². The lowest BCUT2D eigenvalue weighted by Crippen LogP contribution is -2.52. The van der Waals surface area contributed by atoms with Crippen LogP contribution in [0.15, 0.2) is 10.6 Å². The number of carbonyl (C=O) groups excluding carboxylic acids is 1. The number of sulfonamides is 1. The molecular weight excluding hydrogens is 392 g/mol. The maximum atomic E-state index is 13.0. The van der Waals surface area contributed by atoms with E-state index in [9.17, 15) is 13.2 Å². The van der Waals surface area contributed by atoms with Crippen LogP contribution in [0.25, 0.3) is 0 Å². The van der Waals surface area contributed by atoms with E-state index < -0.39 is 10.0 Å². The van der Waals surface area contributed by atoms with Gasteiger partial charge in [-0.05, 0) is 57.8 Å². The molecule has 8 nitrogen and oxygen atoms in total. The van der Waals surface area contributed by atoms with Crippen LogP contribution in [-0.4, -0.2) is 54.2 Å². The van der Waals surface area contributed by atoms with Crippen molar-refractivity contribution in [2.45, 2.75) is 82.3 Å². The minimum absolute atomic E-state index is 0.0619. The van der Waals surface area contributed by atoms with Crippen molar-refractivity contribution < 1.29 is 17.7 Å². The molecule has 4 rings (SSSR count). The molecule has 3 N–H and O–H groups in total. The number of nitrogens with two attached hydrogens (primary N) is 1. The lowest BCUT2D eigenvalue weighted by Gasteiger charge is -2.38. The summed E-state index contributed by atoms with van der Waals surface area (Å²) in [5.41, 5.74) is 6.33. The van der Waals surface area contributed by atoms with E-state index in [1.807, 2.05) is 6.92 Å². The van der Waals surface area contributed by atoms with Crippen LogP contribution in [0.1, 0.15) is 80.5 Å². The third kappa shape index (κ3) is 5.00. The maximum Gasteiger partial charge on any atom is 0.273 e. The van der Waals surface area contributed by atoms with E-state index in [-0.39, 0.29) is 35.7 Å².